The fraction of sp³-hybridized carbons (Fsp3) is 0.222. The van der Waals surface area contributed by atoms with Gasteiger partial charge in [-0.15, -0.1) is 11.3 Å². The third kappa shape index (κ3) is 3.98. The molecule has 2 heterocycles. The largest absolute Gasteiger partial charge is 0.447 e. The molecular weight excluding hydrogens is 354 g/mol. The predicted octanol–water partition coefficient (Wildman–Crippen LogP) is 4.21. The number of carbonyl (C=O) groups is 1. The van der Waals surface area contributed by atoms with Crippen LogP contribution in [0, 0.1) is 18.3 Å². The number of rotatable bonds is 5. The zero-order valence-electron chi connectivity index (χ0n) is 13.7. The lowest BCUT2D eigenvalue weighted by Crippen LogP contribution is -2.14. The molecule has 2 aromatic heterocycles. The molecule has 1 atom stereocenters. The van der Waals surface area contributed by atoms with Crippen molar-refractivity contribution >= 4 is 39.3 Å². The molecule has 0 saturated heterocycles. The monoisotopic (exact) mass is 369 g/mol. The fourth-order valence-electron chi connectivity index (χ4n) is 2.29. The van der Waals surface area contributed by atoms with Crippen LogP contribution in [0.1, 0.15) is 12.5 Å². The minimum absolute atomic E-state index is 0.0985. The first-order valence-electron chi connectivity index (χ1n) is 7.59. The van der Waals surface area contributed by atoms with E-state index in [4.69, 9.17) is 10.00 Å². The zero-order chi connectivity index (χ0) is 17.8. The highest BCUT2D eigenvalue weighted by molar-refractivity contribution is 8.00. The Morgan fingerprint density at radius 2 is 2.12 bits per heavy atom. The highest BCUT2D eigenvalue weighted by atomic mass is 32.2. The molecule has 0 amide bonds. The van der Waals surface area contributed by atoms with Gasteiger partial charge >= 0.3 is 5.97 Å². The van der Waals surface area contributed by atoms with Crippen LogP contribution in [0.25, 0.3) is 21.3 Å². The molecule has 3 aromatic rings. The number of aryl methyl sites for hydroxylation is 1. The molecular formula is C18H15N3O2S2. The number of nitrogens with zero attached hydrogens (tertiary/aromatic N) is 3. The number of carbonyl (C=O) groups excluding carboxylic acids is 1. The van der Waals surface area contributed by atoms with Crippen LogP contribution in [0.2, 0.25) is 0 Å². The van der Waals surface area contributed by atoms with Gasteiger partial charge in [-0.25, -0.2) is 9.97 Å². The van der Waals surface area contributed by atoms with Gasteiger partial charge in [0.2, 0.25) is 0 Å². The molecule has 3 rings (SSSR count). The summed E-state index contributed by atoms with van der Waals surface area (Å²) in [5.41, 5.74) is 3.35. The van der Waals surface area contributed by atoms with Gasteiger partial charge in [-0.1, -0.05) is 41.6 Å². The molecule has 5 nitrogen and oxygen atoms in total. The summed E-state index contributed by atoms with van der Waals surface area (Å²) < 4.78 is 4.98. The fourth-order valence-corrected chi connectivity index (χ4v) is 4.06. The van der Waals surface area contributed by atoms with Crippen LogP contribution in [0.15, 0.2) is 41.0 Å². The number of benzene rings is 1. The molecule has 0 aliphatic carbocycles. The first-order chi connectivity index (χ1) is 12.1. The normalized spacial score (nSPS) is 11.9. The topological polar surface area (TPSA) is 75.9 Å². The third-order valence-electron chi connectivity index (χ3n) is 3.51. The Morgan fingerprint density at radius 3 is 2.84 bits per heavy atom. The van der Waals surface area contributed by atoms with Crippen LogP contribution in [-0.2, 0) is 9.53 Å². The van der Waals surface area contributed by atoms with Gasteiger partial charge in [-0.3, -0.25) is 4.79 Å². The summed E-state index contributed by atoms with van der Waals surface area (Å²) >= 11 is 2.85. The number of ether oxygens (including phenoxy) is 1. The molecule has 0 radical (unpaired) electrons. The number of aromatic nitrogens is 2. The van der Waals surface area contributed by atoms with Crippen LogP contribution in [0.3, 0.4) is 0 Å². The zero-order valence-corrected chi connectivity index (χ0v) is 15.4. The summed E-state index contributed by atoms with van der Waals surface area (Å²) in [6.07, 6.45) is 0.756. The smallest absolute Gasteiger partial charge is 0.317 e. The molecule has 0 saturated carbocycles. The van der Waals surface area contributed by atoms with E-state index in [1.165, 1.54) is 23.7 Å². The Morgan fingerprint density at radius 1 is 1.36 bits per heavy atom. The molecule has 7 heteroatoms. The molecule has 0 N–H and O–H groups in total. The SMILES string of the molecule is Cc1ccc(-c2csc3ncnc(SCC(=O)O[C@@H](C)C#N)c23)cc1. The first-order valence-corrected chi connectivity index (χ1v) is 9.46. The number of thiophene rings is 1. The Balaban J connectivity index is 1.89. The lowest BCUT2D eigenvalue weighted by Gasteiger charge is -2.07. The summed E-state index contributed by atoms with van der Waals surface area (Å²) in [6.45, 7) is 3.59. The van der Waals surface area contributed by atoms with Crippen molar-refractivity contribution in [3.63, 3.8) is 0 Å². The van der Waals surface area contributed by atoms with E-state index in [1.54, 1.807) is 18.3 Å². The van der Waals surface area contributed by atoms with Gasteiger partial charge in [0, 0.05) is 10.9 Å². The van der Waals surface area contributed by atoms with Gasteiger partial charge in [0.1, 0.15) is 22.3 Å². The molecule has 25 heavy (non-hydrogen) atoms. The number of hydrogen-bond acceptors (Lipinski definition) is 7. The van der Waals surface area contributed by atoms with Gasteiger partial charge in [0.15, 0.2) is 6.10 Å². The number of thioether (sulfide) groups is 1. The van der Waals surface area contributed by atoms with Crippen molar-refractivity contribution in [1.29, 1.82) is 5.26 Å². The van der Waals surface area contributed by atoms with Crippen LogP contribution in [0.5, 0.6) is 0 Å². The standard InChI is InChI=1S/C18H15N3O2S2/c1-11-3-5-13(6-4-11)14-8-24-17-16(14)18(21-10-20-17)25-9-15(22)23-12(2)7-19/h3-6,8,10,12H,9H2,1-2H3/t12-/m0/s1. The van der Waals surface area contributed by atoms with Crippen molar-refractivity contribution in [2.45, 2.75) is 25.0 Å². The molecule has 1 aromatic carbocycles. The Hall–Kier alpha value is -2.43. The molecule has 126 valence electrons. The lowest BCUT2D eigenvalue weighted by atomic mass is 10.1. The van der Waals surface area contributed by atoms with E-state index >= 15 is 0 Å². The van der Waals surface area contributed by atoms with E-state index in [0.29, 0.717) is 0 Å². The highest BCUT2D eigenvalue weighted by Gasteiger charge is 2.16. The van der Waals surface area contributed by atoms with E-state index in [1.807, 2.05) is 13.0 Å². The van der Waals surface area contributed by atoms with Crippen molar-refractivity contribution in [3.05, 3.63) is 41.5 Å². The predicted molar refractivity (Wildman–Crippen MR) is 99.5 cm³/mol. The van der Waals surface area contributed by atoms with Gasteiger partial charge in [0.05, 0.1) is 11.1 Å². The second-order valence-electron chi connectivity index (χ2n) is 5.42. The van der Waals surface area contributed by atoms with E-state index in [9.17, 15) is 4.79 Å². The quantitative estimate of drug-likeness (QED) is 0.381. The maximum atomic E-state index is 11.8. The molecule has 0 unspecified atom stereocenters. The van der Waals surface area contributed by atoms with Crippen molar-refractivity contribution < 1.29 is 9.53 Å². The van der Waals surface area contributed by atoms with Crippen molar-refractivity contribution in [1.82, 2.24) is 9.97 Å². The summed E-state index contributed by atoms with van der Waals surface area (Å²) in [5.74, 6) is -0.334. The minimum Gasteiger partial charge on any atom is -0.447 e. The summed E-state index contributed by atoms with van der Waals surface area (Å²) in [7, 11) is 0. The van der Waals surface area contributed by atoms with E-state index in [0.717, 1.165) is 26.4 Å². The summed E-state index contributed by atoms with van der Waals surface area (Å²) in [4.78, 5) is 21.4. The van der Waals surface area contributed by atoms with Crippen molar-refractivity contribution in [3.8, 4) is 17.2 Å². The maximum absolute atomic E-state index is 11.8. The second kappa shape index (κ2) is 7.64. The minimum atomic E-state index is -0.747. The van der Waals surface area contributed by atoms with Crippen LogP contribution < -0.4 is 0 Å². The van der Waals surface area contributed by atoms with E-state index in [-0.39, 0.29) is 5.75 Å². The average Bonchev–Trinajstić information content (AvgIpc) is 3.05. The third-order valence-corrected chi connectivity index (χ3v) is 5.36. The second-order valence-corrected chi connectivity index (χ2v) is 7.25. The molecule has 0 bridgehead atoms. The first kappa shape index (κ1) is 17.4. The molecule has 0 fully saturated rings. The Kier molecular flexibility index (Phi) is 5.31. The van der Waals surface area contributed by atoms with Gasteiger partial charge in [0.25, 0.3) is 0 Å². The maximum Gasteiger partial charge on any atom is 0.317 e. The van der Waals surface area contributed by atoms with Crippen LogP contribution in [0.4, 0.5) is 0 Å². The molecule has 0 spiro atoms. The highest BCUT2D eigenvalue weighted by Crippen LogP contribution is 2.37. The van der Waals surface area contributed by atoms with E-state index in [2.05, 4.69) is 39.6 Å². The molecule has 0 aliphatic heterocycles. The summed E-state index contributed by atoms with van der Waals surface area (Å²) in [6, 6.07) is 10.2. The van der Waals surface area contributed by atoms with Gasteiger partial charge < -0.3 is 4.74 Å². The van der Waals surface area contributed by atoms with Gasteiger partial charge in [-0.2, -0.15) is 5.26 Å². The van der Waals surface area contributed by atoms with Crippen molar-refractivity contribution in [2.75, 3.05) is 5.75 Å². The van der Waals surface area contributed by atoms with Gasteiger partial charge in [-0.05, 0) is 19.4 Å². The van der Waals surface area contributed by atoms with Crippen LogP contribution in [-0.4, -0.2) is 27.8 Å². The number of hydrogen-bond donors (Lipinski definition) is 0. The van der Waals surface area contributed by atoms with Crippen LogP contribution >= 0.6 is 23.1 Å². The lowest BCUT2D eigenvalue weighted by molar-refractivity contribution is -0.142. The number of esters is 1. The van der Waals surface area contributed by atoms with E-state index < -0.39 is 12.1 Å². The average molecular weight is 369 g/mol. The van der Waals surface area contributed by atoms with Crippen molar-refractivity contribution in [2.24, 2.45) is 0 Å². The Labute approximate surface area is 153 Å². The number of nitriles is 1. The summed E-state index contributed by atoms with van der Waals surface area (Å²) in [5, 5.41) is 12.5. The molecule has 0 aliphatic rings. The number of fused-ring (bicyclic) bond motifs is 1. The Bertz CT molecular complexity index is 945.